The predicted molar refractivity (Wildman–Crippen MR) is 61.8 cm³/mol. The number of nitrogens with zero attached hydrogens (tertiary/aromatic N) is 3. The van der Waals surface area contributed by atoms with Crippen molar-refractivity contribution in [1.29, 1.82) is 0 Å². The Hall–Kier alpha value is -1.49. The predicted octanol–water partition coefficient (Wildman–Crippen LogP) is 1.83. The van der Waals surface area contributed by atoms with Crippen LogP contribution in [0.1, 0.15) is 19.8 Å². The quantitative estimate of drug-likeness (QED) is 0.774. The van der Waals surface area contributed by atoms with E-state index in [1.165, 1.54) is 0 Å². The minimum atomic E-state index is -0.547. The largest absolute Gasteiger partial charge is 0.390 e. The van der Waals surface area contributed by atoms with Crippen LogP contribution in [0, 0.1) is 4.91 Å². The fourth-order valence-electron chi connectivity index (χ4n) is 1.87. The van der Waals surface area contributed by atoms with Gasteiger partial charge in [0.15, 0.2) is 5.82 Å². The Kier molecular flexibility index (Phi) is 2.87. The molecule has 1 aromatic rings. The first-order chi connectivity index (χ1) is 7.61. The summed E-state index contributed by atoms with van der Waals surface area (Å²) in [6.07, 6.45) is 3.15. The molecule has 0 aliphatic carbocycles. The normalized spacial score (nSPS) is 19.5. The second-order valence-corrected chi connectivity index (χ2v) is 4.45. The van der Waals surface area contributed by atoms with Crippen molar-refractivity contribution >= 4 is 11.5 Å². The topological polar surface area (TPSA) is 65.8 Å². The minimum absolute atomic E-state index is 0.202. The van der Waals surface area contributed by atoms with Gasteiger partial charge in [0.25, 0.3) is 0 Å². The summed E-state index contributed by atoms with van der Waals surface area (Å²) in [6.45, 7) is 3.48. The first-order valence-corrected chi connectivity index (χ1v) is 5.37. The molecule has 0 bridgehead atoms. The summed E-state index contributed by atoms with van der Waals surface area (Å²) >= 11 is 0. The molecule has 1 fully saturated rings. The molecule has 86 valence electrons. The van der Waals surface area contributed by atoms with Gasteiger partial charge in [-0.15, -0.1) is 4.91 Å². The number of nitroso groups, excluding NO2 is 1. The van der Waals surface area contributed by atoms with E-state index in [0.717, 1.165) is 31.6 Å². The van der Waals surface area contributed by atoms with Crippen molar-refractivity contribution in [2.24, 2.45) is 5.18 Å². The van der Waals surface area contributed by atoms with Gasteiger partial charge in [0.2, 0.25) is 0 Å². The molecule has 0 unspecified atom stereocenters. The van der Waals surface area contributed by atoms with Crippen molar-refractivity contribution < 1.29 is 5.11 Å². The molecule has 2 heterocycles. The maximum absolute atomic E-state index is 10.2. The number of pyridine rings is 1. The van der Waals surface area contributed by atoms with E-state index in [9.17, 15) is 10.0 Å². The first-order valence-electron chi connectivity index (χ1n) is 5.37. The van der Waals surface area contributed by atoms with E-state index in [0.29, 0.717) is 0 Å². The molecule has 2 rings (SSSR count). The van der Waals surface area contributed by atoms with Gasteiger partial charge in [-0.3, -0.25) is 0 Å². The number of piperidine rings is 1. The summed E-state index contributed by atoms with van der Waals surface area (Å²) < 4.78 is 0. The zero-order valence-corrected chi connectivity index (χ0v) is 9.26. The van der Waals surface area contributed by atoms with Crippen LogP contribution in [0.4, 0.5) is 11.5 Å². The van der Waals surface area contributed by atoms with Gasteiger partial charge in [0, 0.05) is 13.1 Å². The number of rotatable bonds is 2. The molecular formula is C11H15N3O2. The molecule has 16 heavy (non-hydrogen) atoms. The van der Waals surface area contributed by atoms with Gasteiger partial charge in [-0.05, 0) is 37.1 Å². The van der Waals surface area contributed by atoms with Crippen molar-refractivity contribution in [1.82, 2.24) is 4.98 Å². The fraction of sp³-hybridized carbons (Fsp3) is 0.545. The van der Waals surface area contributed by atoms with E-state index >= 15 is 0 Å². The van der Waals surface area contributed by atoms with Crippen molar-refractivity contribution in [2.45, 2.75) is 25.4 Å². The van der Waals surface area contributed by atoms with Crippen molar-refractivity contribution in [3.8, 4) is 0 Å². The molecule has 0 atom stereocenters. The molecular weight excluding hydrogens is 206 g/mol. The Morgan fingerprint density at radius 3 is 2.62 bits per heavy atom. The molecule has 1 aliphatic rings. The second kappa shape index (κ2) is 4.17. The average molecular weight is 221 g/mol. The van der Waals surface area contributed by atoms with Crippen LogP contribution in [0.15, 0.2) is 23.5 Å². The van der Waals surface area contributed by atoms with Gasteiger partial charge in [-0.1, -0.05) is 0 Å². The molecule has 1 saturated heterocycles. The SMILES string of the molecule is CC1(O)CCN(c2ccc(N=O)nc2)CC1. The van der Waals surface area contributed by atoms with Crippen LogP contribution in [0.25, 0.3) is 0 Å². The van der Waals surface area contributed by atoms with Gasteiger partial charge >= 0.3 is 0 Å². The lowest BCUT2D eigenvalue weighted by molar-refractivity contribution is 0.0351. The van der Waals surface area contributed by atoms with E-state index in [-0.39, 0.29) is 5.82 Å². The minimum Gasteiger partial charge on any atom is -0.390 e. The number of aromatic nitrogens is 1. The average Bonchev–Trinajstić information content (AvgIpc) is 2.29. The molecule has 0 saturated carbocycles. The lowest BCUT2D eigenvalue weighted by Gasteiger charge is -2.36. The molecule has 1 N–H and O–H groups in total. The lowest BCUT2D eigenvalue weighted by Crippen LogP contribution is -2.42. The van der Waals surface area contributed by atoms with Crippen molar-refractivity contribution in [3.05, 3.63) is 23.2 Å². The van der Waals surface area contributed by atoms with Crippen LogP contribution in [0.3, 0.4) is 0 Å². The standard InChI is InChI=1S/C11H15N3O2/c1-11(15)4-6-14(7-5-11)9-2-3-10(13-16)12-8-9/h2-3,8,15H,4-7H2,1H3. The van der Waals surface area contributed by atoms with E-state index in [2.05, 4.69) is 15.1 Å². The van der Waals surface area contributed by atoms with Crippen molar-refractivity contribution in [3.63, 3.8) is 0 Å². The molecule has 5 nitrogen and oxygen atoms in total. The fourth-order valence-corrected chi connectivity index (χ4v) is 1.87. The first kappa shape index (κ1) is 11.0. The second-order valence-electron chi connectivity index (χ2n) is 4.45. The highest BCUT2D eigenvalue weighted by molar-refractivity contribution is 5.48. The van der Waals surface area contributed by atoms with E-state index in [1.807, 2.05) is 13.0 Å². The number of anilines is 1. The van der Waals surface area contributed by atoms with E-state index in [4.69, 9.17) is 0 Å². The van der Waals surface area contributed by atoms with Gasteiger partial charge in [-0.25, -0.2) is 4.98 Å². The van der Waals surface area contributed by atoms with Gasteiger partial charge in [0.05, 0.1) is 17.5 Å². The summed E-state index contributed by atoms with van der Waals surface area (Å²) in [7, 11) is 0. The highest BCUT2D eigenvalue weighted by atomic mass is 16.3. The molecule has 0 spiro atoms. The Labute approximate surface area is 94.1 Å². The molecule has 0 radical (unpaired) electrons. The Balaban J connectivity index is 2.05. The van der Waals surface area contributed by atoms with Crippen LogP contribution in [0.5, 0.6) is 0 Å². The van der Waals surface area contributed by atoms with E-state index in [1.54, 1.807) is 12.3 Å². The van der Waals surface area contributed by atoms with Gasteiger partial charge in [0.1, 0.15) is 0 Å². The molecule has 0 aromatic carbocycles. The number of hydrogen-bond acceptors (Lipinski definition) is 5. The monoisotopic (exact) mass is 221 g/mol. The maximum atomic E-state index is 10.2. The number of aliphatic hydroxyl groups is 1. The smallest absolute Gasteiger partial charge is 0.196 e. The highest BCUT2D eigenvalue weighted by Crippen LogP contribution is 2.25. The molecule has 1 aliphatic heterocycles. The Bertz CT molecular complexity index is 365. The summed E-state index contributed by atoms with van der Waals surface area (Å²) in [5.74, 6) is 0.202. The number of hydrogen-bond donors (Lipinski definition) is 1. The van der Waals surface area contributed by atoms with Crippen LogP contribution >= 0.6 is 0 Å². The van der Waals surface area contributed by atoms with E-state index < -0.39 is 5.60 Å². The zero-order chi connectivity index (χ0) is 11.6. The lowest BCUT2D eigenvalue weighted by atomic mass is 9.94. The summed E-state index contributed by atoms with van der Waals surface area (Å²) in [5, 5.41) is 12.6. The van der Waals surface area contributed by atoms with Crippen LogP contribution in [-0.4, -0.2) is 28.8 Å². The third kappa shape index (κ3) is 2.36. The molecule has 5 heteroatoms. The van der Waals surface area contributed by atoms with Gasteiger partial charge in [-0.2, -0.15) is 0 Å². The third-order valence-corrected chi connectivity index (χ3v) is 3.03. The summed E-state index contributed by atoms with van der Waals surface area (Å²) in [6, 6.07) is 3.44. The van der Waals surface area contributed by atoms with Crippen molar-refractivity contribution in [2.75, 3.05) is 18.0 Å². The maximum Gasteiger partial charge on any atom is 0.196 e. The van der Waals surface area contributed by atoms with Crippen LogP contribution in [0.2, 0.25) is 0 Å². The summed E-state index contributed by atoms with van der Waals surface area (Å²) in [4.78, 5) is 16.3. The Morgan fingerprint density at radius 1 is 1.44 bits per heavy atom. The molecule has 1 aromatic heterocycles. The highest BCUT2D eigenvalue weighted by Gasteiger charge is 2.27. The summed E-state index contributed by atoms with van der Waals surface area (Å²) in [5.41, 5.74) is 0.428. The zero-order valence-electron chi connectivity index (χ0n) is 9.26. The third-order valence-electron chi connectivity index (χ3n) is 3.03. The Morgan fingerprint density at radius 2 is 2.12 bits per heavy atom. The molecule has 0 amide bonds. The van der Waals surface area contributed by atoms with Gasteiger partial charge < -0.3 is 10.0 Å². The van der Waals surface area contributed by atoms with Crippen LogP contribution < -0.4 is 4.90 Å². The van der Waals surface area contributed by atoms with Crippen LogP contribution in [-0.2, 0) is 0 Å².